The van der Waals surface area contributed by atoms with E-state index in [0.29, 0.717) is 10.7 Å². The Morgan fingerprint density at radius 3 is 1.23 bits per heavy atom. The molecule has 0 spiro atoms. The van der Waals surface area contributed by atoms with Crippen LogP contribution in [-0.2, 0) is 12.8 Å². The van der Waals surface area contributed by atoms with Gasteiger partial charge in [0, 0.05) is 11.1 Å². The van der Waals surface area contributed by atoms with Gasteiger partial charge in [0.2, 0.25) is 0 Å². The number of unbranched alkanes of at least 4 members (excludes halogenated alkanes) is 3. The van der Waals surface area contributed by atoms with E-state index >= 15 is 0 Å². The molecule has 0 fully saturated rings. The number of alkyl halides is 2. The van der Waals surface area contributed by atoms with E-state index in [9.17, 15) is 9.59 Å². The SMILES string of the molecule is O=C(CBr)c1ccc(CCCCCCc2ccc(C(=O)CBr)cc2)cc1. The van der Waals surface area contributed by atoms with Crippen LogP contribution in [0.4, 0.5) is 0 Å². The van der Waals surface area contributed by atoms with Crippen LogP contribution in [0.1, 0.15) is 57.5 Å². The Morgan fingerprint density at radius 1 is 0.577 bits per heavy atom. The monoisotopic (exact) mass is 478 g/mol. The van der Waals surface area contributed by atoms with Crippen molar-refractivity contribution in [2.45, 2.75) is 38.5 Å². The first-order valence-corrected chi connectivity index (χ1v) is 11.2. The van der Waals surface area contributed by atoms with Crippen LogP contribution in [0.5, 0.6) is 0 Å². The maximum absolute atomic E-state index is 11.6. The molecule has 0 saturated carbocycles. The van der Waals surface area contributed by atoms with Gasteiger partial charge in [0.25, 0.3) is 0 Å². The highest BCUT2D eigenvalue weighted by Gasteiger charge is 2.04. The highest BCUT2D eigenvalue weighted by Crippen LogP contribution is 2.13. The molecule has 2 aromatic rings. The molecule has 2 aromatic carbocycles. The van der Waals surface area contributed by atoms with Crippen molar-refractivity contribution in [2.24, 2.45) is 0 Å². The maximum atomic E-state index is 11.6. The van der Waals surface area contributed by atoms with Crippen LogP contribution in [0.3, 0.4) is 0 Å². The van der Waals surface area contributed by atoms with Gasteiger partial charge in [-0.1, -0.05) is 93.2 Å². The van der Waals surface area contributed by atoms with Crippen molar-refractivity contribution in [2.75, 3.05) is 10.7 Å². The van der Waals surface area contributed by atoms with Crippen molar-refractivity contribution in [1.29, 1.82) is 0 Å². The Morgan fingerprint density at radius 2 is 0.923 bits per heavy atom. The van der Waals surface area contributed by atoms with E-state index in [1.807, 2.05) is 24.3 Å². The molecule has 138 valence electrons. The number of hydrogen-bond donors (Lipinski definition) is 0. The summed E-state index contributed by atoms with van der Waals surface area (Å²) in [5.41, 5.74) is 4.13. The van der Waals surface area contributed by atoms with Gasteiger partial charge in [0.1, 0.15) is 0 Å². The number of benzene rings is 2. The number of aryl methyl sites for hydroxylation is 2. The van der Waals surface area contributed by atoms with Crippen molar-refractivity contribution >= 4 is 43.4 Å². The van der Waals surface area contributed by atoms with E-state index in [4.69, 9.17) is 0 Å². The van der Waals surface area contributed by atoms with E-state index in [2.05, 4.69) is 56.1 Å². The second kappa shape index (κ2) is 11.5. The topological polar surface area (TPSA) is 34.1 Å². The Bertz CT molecular complexity index is 642. The second-order valence-electron chi connectivity index (χ2n) is 6.42. The molecule has 4 heteroatoms. The molecule has 26 heavy (non-hydrogen) atoms. The van der Waals surface area contributed by atoms with Crippen LogP contribution in [0.25, 0.3) is 0 Å². The van der Waals surface area contributed by atoms with Crippen molar-refractivity contribution in [3.8, 4) is 0 Å². The summed E-state index contributed by atoms with van der Waals surface area (Å²) in [7, 11) is 0. The average Bonchev–Trinajstić information content (AvgIpc) is 2.70. The summed E-state index contributed by atoms with van der Waals surface area (Å²) in [6.07, 6.45) is 6.89. The predicted molar refractivity (Wildman–Crippen MR) is 115 cm³/mol. The number of rotatable bonds is 11. The largest absolute Gasteiger partial charge is 0.293 e. The minimum atomic E-state index is 0.126. The summed E-state index contributed by atoms with van der Waals surface area (Å²) in [5.74, 6) is 0.252. The van der Waals surface area contributed by atoms with Crippen molar-refractivity contribution in [3.05, 3.63) is 70.8 Å². The third-order valence-electron chi connectivity index (χ3n) is 4.48. The third kappa shape index (κ3) is 6.81. The minimum absolute atomic E-state index is 0.126. The van der Waals surface area contributed by atoms with Crippen molar-refractivity contribution in [1.82, 2.24) is 0 Å². The minimum Gasteiger partial charge on any atom is -0.293 e. The quantitative estimate of drug-likeness (QED) is 0.219. The van der Waals surface area contributed by atoms with Gasteiger partial charge < -0.3 is 0 Å². The lowest BCUT2D eigenvalue weighted by molar-refractivity contribution is 0.101. The fraction of sp³-hybridized carbons (Fsp3) is 0.364. The summed E-state index contributed by atoms with van der Waals surface area (Å²) in [6.45, 7) is 0. The van der Waals surface area contributed by atoms with E-state index in [1.54, 1.807) is 0 Å². The fourth-order valence-corrected chi connectivity index (χ4v) is 3.53. The van der Waals surface area contributed by atoms with Crippen LogP contribution in [0.15, 0.2) is 48.5 Å². The molecule has 0 atom stereocenters. The smallest absolute Gasteiger partial charge is 0.173 e. The molecule has 0 amide bonds. The molecule has 0 aliphatic rings. The normalized spacial score (nSPS) is 10.7. The van der Waals surface area contributed by atoms with Crippen LogP contribution < -0.4 is 0 Å². The lowest BCUT2D eigenvalue weighted by atomic mass is 10.0. The maximum Gasteiger partial charge on any atom is 0.173 e. The first-order chi connectivity index (χ1) is 12.6. The van der Waals surface area contributed by atoms with Gasteiger partial charge in [-0.3, -0.25) is 9.59 Å². The summed E-state index contributed by atoms with van der Waals surface area (Å²) in [6, 6.07) is 15.9. The van der Waals surface area contributed by atoms with Crippen LogP contribution in [-0.4, -0.2) is 22.2 Å². The molecule has 0 aliphatic carbocycles. The van der Waals surface area contributed by atoms with Crippen LogP contribution in [0.2, 0.25) is 0 Å². The Hall–Kier alpha value is -1.26. The van der Waals surface area contributed by atoms with Crippen molar-refractivity contribution in [3.63, 3.8) is 0 Å². The molecule has 0 aromatic heterocycles. The molecular weight excluding hydrogens is 456 g/mol. The van der Waals surface area contributed by atoms with Gasteiger partial charge in [-0.15, -0.1) is 0 Å². The molecular formula is C22H24Br2O2. The molecule has 0 unspecified atom stereocenters. The highest BCUT2D eigenvalue weighted by atomic mass is 79.9. The Kier molecular flexibility index (Phi) is 9.27. The molecule has 0 aliphatic heterocycles. The summed E-state index contributed by atoms with van der Waals surface area (Å²) < 4.78 is 0. The average molecular weight is 480 g/mol. The standard InChI is InChI=1S/C22H24Br2O2/c23-15-21(25)19-11-7-17(8-12-19)5-3-1-2-4-6-18-9-13-20(14-10-18)22(26)16-24/h7-14H,1-6,15-16H2. The molecule has 0 saturated heterocycles. The Balaban J connectivity index is 1.63. The number of halogens is 2. The lowest BCUT2D eigenvalue weighted by Gasteiger charge is -2.05. The lowest BCUT2D eigenvalue weighted by Crippen LogP contribution is -2.00. The zero-order chi connectivity index (χ0) is 18.8. The first kappa shape index (κ1) is 21.0. The molecule has 0 radical (unpaired) electrons. The summed E-state index contributed by atoms with van der Waals surface area (Å²) in [5, 5.41) is 0.754. The number of Topliss-reactive ketones (excluding diaryl/α,β-unsaturated/α-hetero) is 2. The van der Waals surface area contributed by atoms with Gasteiger partial charge >= 0.3 is 0 Å². The Labute approximate surface area is 172 Å². The molecule has 2 rings (SSSR count). The van der Waals surface area contributed by atoms with Gasteiger partial charge in [-0.05, 0) is 36.8 Å². The molecule has 0 N–H and O–H groups in total. The summed E-state index contributed by atoms with van der Waals surface area (Å²) in [4.78, 5) is 23.2. The highest BCUT2D eigenvalue weighted by molar-refractivity contribution is 9.09. The van der Waals surface area contributed by atoms with Gasteiger partial charge in [-0.25, -0.2) is 0 Å². The van der Waals surface area contributed by atoms with Crippen LogP contribution >= 0.6 is 31.9 Å². The van der Waals surface area contributed by atoms with Crippen molar-refractivity contribution < 1.29 is 9.59 Å². The summed E-state index contributed by atoms with van der Waals surface area (Å²) >= 11 is 6.40. The van der Waals surface area contributed by atoms with Crippen LogP contribution in [0, 0.1) is 0 Å². The number of carbonyl (C=O) groups is 2. The van der Waals surface area contributed by atoms with Gasteiger partial charge in [-0.2, -0.15) is 0 Å². The van der Waals surface area contributed by atoms with E-state index in [0.717, 1.165) is 24.0 Å². The predicted octanol–water partition coefficient (Wildman–Crippen LogP) is 6.19. The van der Waals surface area contributed by atoms with E-state index < -0.39 is 0 Å². The number of carbonyl (C=O) groups excluding carboxylic acids is 2. The van der Waals surface area contributed by atoms with E-state index in [1.165, 1.54) is 36.8 Å². The first-order valence-electron chi connectivity index (χ1n) is 9.00. The number of ketones is 2. The van der Waals surface area contributed by atoms with Gasteiger partial charge in [0.15, 0.2) is 11.6 Å². The molecule has 0 heterocycles. The van der Waals surface area contributed by atoms with E-state index in [-0.39, 0.29) is 11.6 Å². The molecule has 0 bridgehead atoms. The second-order valence-corrected chi connectivity index (χ2v) is 7.54. The zero-order valence-corrected chi connectivity index (χ0v) is 18.0. The third-order valence-corrected chi connectivity index (χ3v) is 5.49. The van der Waals surface area contributed by atoms with Gasteiger partial charge in [0.05, 0.1) is 10.7 Å². The number of hydrogen-bond acceptors (Lipinski definition) is 2. The zero-order valence-electron chi connectivity index (χ0n) is 14.8. The fourth-order valence-electron chi connectivity index (χ4n) is 2.88. The molecule has 2 nitrogen and oxygen atoms in total.